The number of nitrogens with two attached hydrogens (primary N) is 1. The van der Waals surface area contributed by atoms with Gasteiger partial charge in [-0.3, -0.25) is 5.84 Å². The maximum atomic E-state index is 5.39. The van der Waals surface area contributed by atoms with Gasteiger partial charge in [0.05, 0.1) is 13.2 Å². The van der Waals surface area contributed by atoms with Gasteiger partial charge in [-0.1, -0.05) is 0 Å². The first-order chi connectivity index (χ1) is 3.39. The number of hydrogen-bond donors (Lipinski definition) is 1. The van der Waals surface area contributed by atoms with Crippen molar-refractivity contribution in [3.63, 3.8) is 0 Å². The molecule has 1 aliphatic heterocycles. The van der Waals surface area contributed by atoms with Crippen molar-refractivity contribution < 1.29 is 24.2 Å². The summed E-state index contributed by atoms with van der Waals surface area (Å²) in [5, 5.41) is 1.77. The molecule has 0 aliphatic carbocycles. The standard InChI is InChI=1S/C4H10N2O.Zn/c5-6-1-3-7-4-2-6;/h1-5H2;. The topological polar surface area (TPSA) is 38.5 Å². The van der Waals surface area contributed by atoms with Crippen LogP contribution in [-0.4, -0.2) is 31.3 Å². The van der Waals surface area contributed by atoms with Crippen molar-refractivity contribution in [2.75, 3.05) is 26.3 Å². The van der Waals surface area contributed by atoms with Gasteiger partial charge in [-0.15, -0.1) is 0 Å². The molecule has 0 saturated carbocycles. The summed E-state index contributed by atoms with van der Waals surface area (Å²) in [4.78, 5) is 0. The minimum absolute atomic E-state index is 0. The molecule has 0 spiro atoms. The number of morpholine rings is 1. The summed E-state index contributed by atoms with van der Waals surface area (Å²) < 4.78 is 5.02. The molecule has 0 aromatic heterocycles. The average molecular weight is 168 g/mol. The van der Waals surface area contributed by atoms with Crippen LogP contribution in [0.2, 0.25) is 0 Å². The Labute approximate surface area is 61.9 Å². The molecular formula is C4H10N2OZn. The summed E-state index contributed by atoms with van der Waals surface area (Å²) >= 11 is 0. The van der Waals surface area contributed by atoms with Gasteiger partial charge in [0.15, 0.2) is 0 Å². The van der Waals surface area contributed by atoms with Crippen molar-refractivity contribution in [2.45, 2.75) is 0 Å². The fraction of sp³-hybridized carbons (Fsp3) is 1.00. The molecule has 0 radical (unpaired) electrons. The molecule has 1 fully saturated rings. The number of hydrazine groups is 1. The second-order valence-corrected chi connectivity index (χ2v) is 1.65. The van der Waals surface area contributed by atoms with Gasteiger partial charge in [-0.05, 0) is 0 Å². The number of rotatable bonds is 0. The Balaban J connectivity index is 0.000000490. The van der Waals surface area contributed by atoms with E-state index < -0.39 is 0 Å². The zero-order valence-corrected chi connectivity index (χ0v) is 7.94. The third-order valence-corrected chi connectivity index (χ3v) is 1.05. The number of nitrogens with zero attached hydrogens (tertiary/aromatic N) is 1. The van der Waals surface area contributed by atoms with Gasteiger partial charge in [0.1, 0.15) is 0 Å². The van der Waals surface area contributed by atoms with Crippen LogP contribution >= 0.6 is 0 Å². The summed E-state index contributed by atoms with van der Waals surface area (Å²) in [6.45, 7) is 3.33. The summed E-state index contributed by atoms with van der Waals surface area (Å²) in [7, 11) is 0. The van der Waals surface area contributed by atoms with Crippen LogP contribution in [0.4, 0.5) is 0 Å². The summed E-state index contributed by atoms with van der Waals surface area (Å²) in [5.41, 5.74) is 0. The van der Waals surface area contributed by atoms with E-state index in [1.165, 1.54) is 0 Å². The fourth-order valence-electron chi connectivity index (χ4n) is 0.577. The molecular weight excluding hydrogens is 157 g/mol. The molecule has 44 valence electrons. The van der Waals surface area contributed by atoms with Gasteiger partial charge >= 0.3 is 0 Å². The van der Waals surface area contributed by atoms with E-state index in [0.717, 1.165) is 26.3 Å². The normalized spacial score (nSPS) is 22.1. The van der Waals surface area contributed by atoms with E-state index in [0.29, 0.717) is 0 Å². The molecule has 2 N–H and O–H groups in total. The van der Waals surface area contributed by atoms with Gasteiger partial charge in [-0.2, -0.15) is 0 Å². The Morgan fingerprint density at radius 3 is 2.00 bits per heavy atom. The molecule has 1 saturated heterocycles. The van der Waals surface area contributed by atoms with Crippen LogP contribution in [0, 0.1) is 0 Å². The van der Waals surface area contributed by atoms with Crippen LogP contribution in [-0.2, 0) is 24.2 Å². The first-order valence-electron chi connectivity index (χ1n) is 2.47. The van der Waals surface area contributed by atoms with E-state index in [1.54, 1.807) is 5.01 Å². The Morgan fingerprint density at radius 1 is 1.25 bits per heavy atom. The van der Waals surface area contributed by atoms with Gasteiger partial charge < -0.3 is 4.74 Å². The molecule has 1 heterocycles. The van der Waals surface area contributed by atoms with E-state index in [9.17, 15) is 0 Å². The van der Waals surface area contributed by atoms with Gasteiger partial charge in [0.2, 0.25) is 0 Å². The van der Waals surface area contributed by atoms with Crippen molar-refractivity contribution in [1.82, 2.24) is 5.01 Å². The summed E-state index contributed by atoms with van der Waals surface area (Å²) in [6, 6.07) is 0. The second kappa shape index (κ2) is 4.39. The fourth-order valence-corrected chi connectivity index (χ4v) is 0.577. The maximum absolute atomic E-state index is 5.39. The minimum atomic E-state index is 0. The Kier molecular flexibility index (Phi) is 4.67. The molecule has 1 rings (SSSR count). The van der Waals surface area contributed by atoms with Crippen LogP contribution in [0.1, 0.15) is 0 Å². The first kappa shape index (κ1) is 8.50. The van der Waals surface area contributed by atoms with Gasteiger partial charge in [0.25, 0.3) is 0 Å². The molecule has 0 amide bonds. The molecule has 0 bridgehead atoms. The van der Waals surface area contributed by atoms with E-state index in [-0.39, 0.29) is 19.5 Å². The van der Waals surface area contributed by atoms with Crippen molar-refractivity contribution >= 4 is 0 Å². The molecule has 0 aromatic carbocycles. The molecule has 1 aliphatic rings. The third kappa shape index (κ3) is 2.72. The van der Waals surface area contributed by atoms with Crippen LogP contribution in [0.3, 0.4) is 0 Å². The van der Waals surface area contributed by atoms with E-state index in [1.807, 2.05) is 0 Å². The molecule has 0 atom stereocenters. The smallest absolute Gasteiger partial charge is 0.0608 e. The summed E-state index contributed by atoms with van der Waals surface area (Å²) in [5.74, 6) is 5.39. The van der Waals surface area contributed by atoms with Crippen molar-refractivity contribution in [2.24, 2.45) is 5.84 Å². The SMILES string of the molecule is NN1CCOCC1.[Zn]. The second-order valence-electron chi connectivity index (χ2n) is 1.65. The molecule has 3 nitrogen and oxygen atoms in total. The van der Waals surface area contributed by atoms with Crippen molar-refractivity contribution in [3.8, 4) is 0 Å². The van der Waals surface area contributed by atoms with Crippen LogP contribution in [0.15, 0.2) is 0 Å². The Morgan fingerprint density at radius 2 is 1.75 bits per heavy atom. The van der Waals surface area contributed by atoms with Gasteiger partial charge in [-0.25, -0.2) is 5.01 Å². The molecule has 4 heteroatoms. The first-order valence-corrected chi connectivity index (χ1v) is 2.47. The quantitative estimate of drug-likeness (QED) is 0.379. The number of ether oxygens (including phenoxy) is 1. The minimum Gasteiger partial charge on any atom is -0.379 e. The molecule has 0 aromatic rings. The Bertz CT molecular complexity index is 56.0. The average Bonchev–Trinajstić information content (AvgIpc) is 1.69. The predicted octanol–water partition coefficient (Wildman–Crippen LogP) is -0.810. The third-order valence-electron chi connectivity index (χ3n) is 1.05. The van der Waals surface area contributed by atoms with Crippen LogP contribution in [0.25, 0.3) is 0 Å². The Hall–Kier alpha value is 0.503. The van der Waals surface area contributed by atoms with Crippen molar-refractivity contribution in [1.29, 1.82) is 0 Å². The number of hydrogen-bond acceptors (Lipinski definition) is 3. The van der Waals surface area contributed by atoms with E-state index in [4.69, 9.17) is 10.6 Å². The van der Waals surface area contributed by atoms with Gasteiger partial charge in [0, 0.05) is 32.6 Å². The van der Waals surface area contributed by atoms with Crippen LogP contribution < -0.4 is 5.84 Å². The largest absolute Gasteiger partial charge is 0.379 e. The zero-order chi connectivity index (χ0) is 5.11. The zero-order valence-electron chi connectivity index (χ0n) is 4.97. The monoisotopic (exact) mass is 166 g/mol. The van der Waals surface area contributed by atoms with Crippen molar-refractivity contribution in [3.05, 3.63) is 0 Å². The van der Waals surface area contributed by atoms with Crippen LogP contribution in [0.5, 0.6) is 0 Å². The van der Waals surface area contributed by atoms with E-state index >= 15 is 0 Å². The summed E-state index contributed by atoms with van der Waals surface area (Å²) in [6.07, 6.45) is 0. The van der Waals surface area contributed by atoms with E-state index in [2.05, 4.69) is 0 Å². The maximum Gasteiger partial charge on any atom is 0.0608 e. The molecule has 0 unspecified atom stereocenters. The molecule has 8 heavy (non-hydrogen) atoms. The predicted molar refractivity (Wildman–Crippen MR) is 26.6 cm³/mol.